The molecule has 0 aromatic heterocycles. The average molecular weight is 1440 g/mol. The van der Waals surface area contributed by atoms with E-state index in [1.54, 1.807) is 0 Å². The summed E-state index contributed by atoms with van der Waals surface area (Å²) in [7, 11) is -46.8. The Morgan fingerprint density at radius 1 is 0.345 bits per heavy atom. The van der Waals surface area contributed by atoms with Gasteiger partial charge < -0.3 is 114 Å². The van der Waals surface area contributed by atoms with Crippen LogP contribution in [0.5, 0.6) is 0 Å². The Morgan fingerprint density at radius 3 is 1.15 bits per heavy atom. The van der Waals surface area contributed by atoms with Gasteiger partial charge in [0.15, 0.2) is 68.5 Å². The van der Waals surface area contributed by atoms with Crippen LogP contribution >= 0.6 is 0 Å². The topological polar surface area (TPSA) is 754 Å². The van der Waals surface area contributed by atoms with Crippen LogP contribution in [0.15, 0.2) is 0 Å². The molecular weight excluding hydrogens is 1390 g/mol. The van der Waals surface area contributed by atoms with Crippen molar-refractivity contribution < 1.29 is 203 Å². The molecule has 5 fully saturated rings. The second-order valence-electron chi connectivity index (χ2n) is 18.4. The maximum Gasteiger partial charge on any atom is 0.218 e. The normalized spacial score (nSPS) is 40.0. The molecule has 5 aliphatic heterocycles. The van der Waals surface area contributed by atoms with E-state index in [4.69, 9.17) is 47.4 Å². The van der Waals surface area contributed by atoms with E-state index in [2.05, 4.69) is 20.9 Å². The predicted octanol–water partition coefficient (Wildman–Crippen LogP) is -14.6. The Hall–Kier alpha value is -1.68. The zero-order valence-corrected chi connectivity index (χ0v) is 49.5. The second-order valence-corrected chi connectivity index (χ2v) is 27.0. The van der Waals surface area contributed by atoms with Gasteiger partial charge in [-0.25, -0.2) is 81.5 Å². The van der Waals surface area contributed by atoms with Crippen molar-refractivity contribution in [3.63, 3.8) is 0 Å². The quantitative estimate of drug-likeness (QED) is 0.0259. The van der Waals surface area contributed by atoms with E-state index in [-0.39, 0.29) is 0 Å². The van der Waals surface area contributed by atoms with Gasteiger partial charge >= 0.3 is 0 Å². The highest BCUT2D eigenvalue weighted by molar-refractivity contribution is 7.84. The van der Waals surface area contributed by atoms with E-state index in [0.29, 0.717) is 0 Å². The maximum absolute atomic E-state index is 12.5. The summed E-state index contributed by atoms with van der Waals surface area (Å²) in [5.74, 6) is 0. The SMILES string of the molecule is CO[C@@H]1OC(COS(=O)(=O)[O-])[C@@H](O[C@@H]2OC(C)[C@@H](O[C@@H]3OC(COS(=O)(=O)[O-])[C@@H](O[C@@H]4OC(C)[C@@H](O[C@@H]5OC(COS(=O)(=O)[O-])[C@@H](O)[C@H](O)C5NS(=O)(=O)[O-])[C@H](O)C4O)[C@H](OS(=O)(=O)[O-])C3NS(=O)(=O)[O-])C(O)[C@@H]2OS(=O)(=O)[O-])[C@H](O)C1NS(=O)(=O)[O-]. The van der Waals surface area contributed by atoms with E-state index in [9.17, 15) is 134 Å². The first-order valence-electron chi connectivity index (χ1n) is 23.1. The summed E-state index contributed by atoms with van der Waals surface area (Å²) in [5, 5.41) is 66.8. The van der Waals surface area contributed by atoms with Gasteiger partial charge in [0.25, 0.3) is 0 Å². The summed E-state index contributed by atoms with van der Waals surface area (Å²) in [6.07, 6.45) is -56.7. The summed E-state index contributed by atoms with van der Waals surface area (Å²) >= 11 is 0. The van der Waals surface area contributed by atoms with Gasteiger partial charge in [0.2, 0.25) is 52.0 Å². The molecule has 56 heteroatoms. The number of hydrogen-bond donors (Lipinski definition) is 9. The van der Waals surface area contributed by atoms with Crippen molar-refractivity contribution in [3.8, 4) is 0 Å². The van der Waals surface area contributed by atoms with Gasteiger partial charge in [-0.2, -0.15) is 0 Å². The molecule has 0 bridgehead atoms. The predicted molar refractivity (Wildman–Crippen MR) is 243 cm³/mol. The molecule has 48 nitrogen and oxygen atoms in total. The van der Waals surface area contributed by atoms with Crippen LogP contribution < -0.4 is 14.2 Å². The van der Waals surface area contributed by atoms with Crippen molar-refractivity contribution in [2.75, 3.05) is 26.9 Å². The van der Waals surface area contributed by atoms with Gasteiger partial charge in [-0.15, -0.1) is 0 Å². The molecule has 0 aromatic rings. The first-order valence-corrected chi connectivity index (χ1v) is 34.0. The second kappa shape index (κ2) is 28.9. The fourth-order valence-electron chi connectivity index (χ4n) is 8.96. The fraction of sp³-hybridized carbons (Fsp3) is 1.00. The molecule has 0 spiro atoms. The van der Waals surface area contributed by atoms with E-state index < -0.39 is 256 Å². The number of hydrogen-bond acceptors (Lipinski definition) is 45. The molecule has 5 heterocycles. The molecule has 0 amide bonds. The largest absolute Gasteiger partial charge is 0.735 e. The number of aliphatic hydroxyl groups is 6. The van der Waals surface area contributed by atoms with Crippen LogP contribution in [0, 0.1) is 0 Å². The molecule has 5 aliphatic rings. The number of nitrogens with one attached hydrogen (secondary N) is 3. The zero-order valence-electron chi connectivity index (χ0n) is 42.9. The van der Waals surface area contributed by atoms with Gasteiger partial charge in [-0.3, -0.25) is 20.9 Å². The van der Waals surface area contributed by atoms with E-state index in [1.807, 2.05) is 0 Å². The third-order valence-electron chi connectivity index (χ3n) is 12.4. The molecule has 0 aliphatic carbocycles. The van der Waals surface area contributed by atoms with Gasteiger partial charge in [0.1, 0.15) is 104 Å². The first-order chi connectivity index (χ1) is 39.3. The Bertz CT molecular complexity index is 3270. The van der Waals surface area contributed by atoms with Gasteiger partial charge in [0.05, 0.1) is 32.0 Å². The number of ether oxygens (including phenoxy) is 10. The Morgan fingerprint density at radius 2 is 0.701 bits per heavy atom. The Kier molecular flexibility index (Phi) is 25.3. The number of methoxy groups -OCH3 is 1. The third-order valence-corrected chi connectivity index (χ3v) is 16.2. The lowest BCUT2D eigenvalue weighted by Gasteiger charge is -2.51. The van der Waals surface area contributed by atoms with Gasteiger partial charge in [0, 0.05) is 7.11 Å². The lowest BCUT2D eigenvalue weighted by Crippen LogP contribution is -2.70. The molecule has 25 atom stereocenters. The monoisotopic (exact) mass is 1440 g/mol. The summed E-state index contributed by atoms with van der Waals surface area (Å²) in [6, 6.07) is -7.82. The Labute approximate surface area is 491 Å². The molecular formula is C31H49N3O45S8-8. The molecule has 5 rings (SSSR count). The van der Waals surface area contributed by atoms with Gasteiger partial charge in [-0.05, 0) is 13.8 Å². The highest BCUT2D eigenvalue weighted by atomic mass is 32.3. The van der Waals surface area contributed by atoms with Crippen LogP contribution in [0.1, 0.15) is 13.8 Å². The summed E-state index contributed by atoms with van der Waals surface area (Å²) in [6.45, 7) is -3.25. The Balaban J connectivity index is 1.53. The van der Waals surface area contributed by atoms with Crippen molar-refractivity contribution >= 4 is 82.9 Å². The van der Waals surface area contributed by atoms with E-state index >= 15 is 0 Å². The third kappa shape index (κ3) is 22.5. The molecule has 9 N–H and O–H groups in total. The van der Waals surface area contributed by atoms with Crippen LogP contribution in [0.3, 0.4) is 0 Å². The summed E-state index contributed by atoms with van der Waals surface area (Å²) < 4.78 is 363. The van der Waals surface area contributed by atoms with Crippen molar-refractivity contribution in [2.45, 2.75) is 167 Å². The molecule has 514 valence electrons. The first kappa shape index (κ1) is 76.0. The van der Waals surface area contributed by atoms with Crippen molar-refractivity contribution in [1.29, 1.82) is 0 Å². The van der Waals surface area contributed by atoms with E-state index in [1.165, 1.54) is 9.44 Å². The molecule has 0 saturated carbocycles. The molecule has 0 aromatic carbocycles. The number of aliphatic hydroxyl groups excluding tert-OH is 6. The fourth-order valence-corrected chi connectivity index (χ4v) is 12.6. The molecule has 5 saturated heterocycles. The minimum atomic E-state index is -6.45. The minimum Gasteiger partial charge on any atom is -0.735 e. The molecule has 0 radical (unpaired) electrons. The van der Waals surface area contributed by atoms with E-state index in [0.717, 1.165) is 25.7 Å². The lowest BCUT2D eigenvalue weighted by atomic mass is 9.94. The summed E-state index contributed by atoms with van der Waals surface area (Å²) in [4.78, 5) is 0. The number of rotatable bonds is 28. The highest BCUT2D eigenvalue weighted by Crippen LogP contribution is 2.38. The summed E-state index contributed by atoms with van der Waals surface area (Å²) in [5.41, 5.74) is 0. The van der Waals surface area contributed by atoms with Crippen LogP contribution in [0.2, 0.25) is 0 Å². The lowest BCUT2D eigenvalue weighted by molar-refractivity contribution is -0.374. The average Bonchev–Trinajstić information content (AvgIpc) is 0.928. The smallest absolute Gasteiger partial charge is 0.218 e. The van der Waals surface area contributed by atoms with Gasteiger partial charge in [-0.1, -0.05) is 0 Å². The van der Waals surface area contributed by atoms with Crippen LogP contribution in [0.4, 0.5) is 0 Å². The standard InChI is InChI=1S/C31H57N3O45S8/c1-7-21(74-28-12(32-80(41,42)43)16(36)15(35)9(71-28)4-66-83(50,51)52)18(38)19(39)30(69-7)77-24-11(6-68-85(56,57)58)73-29(14(34-82(47,48)49)25(24)78-86(59,60)61)75-22-8(2)70-31(26(20(22)40)79-87(62,63)64)76-23-10(5-67-84(53,54)55)72-27(65-3)13(17(23)37)33-81(44,45)46/h7-40H,4-6H2,1-3H3,(H,41,42,43)(H,44,45,46)(H,47,48,49)(H,50,51,52)(H,53,54,55)(H,56,57,58)(H,59,60,61)(H,62,63,64)/p-8/t7?,8?,9?,10?,11?,12?,13?,14?,15-,16-,17-,18-,19?,20?,21-,22-,23-,24-,25-,26+,27-,28+,29+,30+,31+/m1/s1. The van der Waals surface area contributed by atoms with Crippen LogP contribution in [0.25, 0.3) is 0 Å². The molecule has 10 unspecified atom stereocenters. The molecule has 87 heavy (non-hydrogen) atoms. The van der Waals surface area contributed by atoms with Crippen molar-refractivity contribution in [2.24, 2.45) is 0 Å². The maximum atomic E-state index is 12.5. The van der Waals surface area contributed by atoms with Crippen LogP contribution in [-0.4, -0.2) is 315 Å². The van der Waals surface area contributed by atoms with Crippen molar-refractivity contribution in [1.82, 2.24) is 14.2 Å². The zero-order chi connectivity index (χ0) is 66.3. The van der Waals surface area contributed by atoms with Crippen LogP contribution in [-0.2, 0) is 151 Å². The van der Waals surface area contributed by atoms with Crippen molar-refractivity contribution in [3.05, 3.63) is 0 Å². The minimum absolute atomic E-state index is 0.760. The highest BCUT2D eigenvalue weighted by Gasteiger charge is 2.58.